The number of carboxylic acids is 1. The van der Waals surface area contributed by atoms with E-state index in [1.807, 2.05) is 38.1 Å². The van der Waals surface area contributed by atoms with Crippen LogP contribution in [0.5, 0.6) is 11.5 Å². The molecule has 5 rings (SSSR count). The number of aromatic carboxylic acids is 1. The van der Waals surface area contributed by atoms with Gasteiger partial charge in [0.15, 0.2) is 11.6 Å². The molecule has 1 N–H and O–H groups in total. The number of carboxylic acid groups (broad SMARTS) is 1. The molecule has 0 saturated carbocycles. The van der Waals surface area contributed by atoms with Crippen molar-refractivity contribution in [2.45, 2.75) is 40.2 Å². The van der Waals surface area contributed by atoms with E-state index in [0.717, 1.165) is 22.4 Å². The average Bonchev–Trinajstić information content (AvgIpc) is 3.00. The van der Waals surface area contributed by atoms with Gasteiger partial charge in [0.25, 0.3) is 5.56 Å². The van der Waals surface area contributed by atoms with Crippen LogP contribution in [-0.4, -0.2) is 33.6 Å². The number of hydrogen-bond acceptors (Lipinski definition) is 6. The lowest BCUT2D eigenvalue weighted by atomic mass is 9.96. The Hall–Kier alpha value is -4.47. The van der Waals surface area contributed by atoms with Crippen LogP contribution in [0.3, 0.4) is 0 Å². The summed E-state index contributed by atoms with van der Waals surface area (Å²) in [6, 6.07) is 21.2. The van der Waals surface area contributed by atoms with Gasteiger partial charge in [0, 0.05) is 5.56 Å². The number of ether oxygens (including phenoxy) is 2. The molecule has 0 amide bonds. The first-order chi connectivity index (χ1) is 21.6. The number of rotatable bonds is 10. The predicted octanol–water partition coefficient (Wildman–Crippen LogP) is 8.47. The number of hydrogen-bond donors (Lipinski definition) is 1. The number of carbonyl (C=O) groups is 1. The Labute approximate surface area is 274 Å². The lowest BCUT2D eigenvalue weighted by Crippen LogP contribution is -2.21. The van der Waals surface area contributed by atoms with Gasteiger partial charge in [0.2, 0.25) is 0 Å². The number of halogens is 2. The lowest BCUT2D eigenvalue weighted by molar-refractivity contribution is 0.0696. The van der Waals surface area contributed by atoms with Crippen molar-refractivity contribution >= 4 is 50.6 Å². The summed E-state index contributed by atoms with van der Waals surface area (Å²) in [6.07, 6.45) is 1.55. The molecule has 45 heavy (non-hydrogen) atoms. The molecule has 0 aliphatic rings. The zero-order chi connectivity index (χ0) is 32.2. The van der Waals surface area contributed by atoms with E-state index < -0.39 is 5.97 Å². The van der Waals surface area contributed by atoms with Crippen LogP contribution in [0, 0.1) is 6.92 Å². The van der Waals surface area contributed by atoms with Gasteiger partial charge in [-0.25, -0.2) is 9.78 Å². The number of aryl methyl sites for hydroxylation is 1. The molecule has 10 heteroatoms. The second-order valence-corrected chi connectivity index (χ2v) is 12.0. The summed E-state index contributed by atoms with van der Waals surface area (Å²) in [5, 5.41) is 14.6. The first kappa shape index (κ1) is 31.9. The molecule has 0 bridgehead atoms. The molecule has 4 aromatic carbocycles. The Kier molecular flexibility index (Phi) is 9.70. The topological polar surface area (TPSA) is 103 Å². The largest absolute Gasteiger partial charge is 0.494 e. The summed E-state index contributed by atoms with van der Waals surface area (Å²) >= 11 is 10.1. The fourth-order valence-electron chi connectivity index (χ4n) is 4.94. The lowest BCUT2D eigenvalue weighted by Gasteiger charge is -2.18. The molecule has 230 valence electrons. The monoisotopic (exact) mass is 687 g/mol. The summed E-state index contributed by atoms with van der Waals surface area (Å²) < 4.78 is 13.7. The van der Waals surface area contributed by atoms with Gasteiger partial charge in [-0.1, -0.05) is 49.7 Å². The van der Waals surface area contributed by atoms with Gasteiger partial charge in [-0.3, -0.25) is 4.79 Å². The molecule has 0 atom stereocenters. The van der Waals surface area contributed by atoms with Crippen LogP contribution in [0.15, 0.2) is 87.2 Å². The standard InChI is InChI=1S/C35H31BrClN3O5/c1-5-44-31-13-21(4)27(17-26(31)20(2)3)33-39-30-12-7-6-11-25(30)34(41)40(33)38-18-23-15-28(36)32(29(37)16-23)45-19-22-9-8-10-24(14-22)35(42)43/h6-18,20H,5,19H2,1-4H3,(H,42,43). The van der Waals surface area contributed by atoms with Gasteiger partial charge in [-0.2, -0.15) is 9.78 Å². The molecule has 5 aromatic rings. The minimum Gasteiger partial charge on any atom is -0.494 e. The van der Waals surface area contributed by atoms with Crippen LogP contribution in [-0.2, 0) is 6.61 Å². The molecule has 0 radical (unpaired) electrons. The van der Waals surface area contributed by atoms with Crippen molar-refractivity contribution in [3.63, 3.8) is 0 Å². The van der Waals surface area contributed by atoms with E-state index in [1.165, 1.54) is 10.7 Å². The Balaban J connectivity index is 1.54. The van der Waals surface area contributed by atoms with E-state index >= 15 is 0 Å². The second-order valence-electron chi connectivity index (χ2n) is 10.7. The van der Waals surface area contributed by atoms with Gasteiger partial charge in [0.1, 0.15) is 12.4 Å². The molecule has 0 aliphatic heterocycles. The van der Waals surface area contributed by atoms with E-state index in [0.29, 0.717) is 49.7 Å². The average molecular weight is 689 g/mol. The van der Waals surface area contributed by atoms with Gasteiger partial charge in [0.05, 0.1) is 38.8 Å². The van der Waals surface area contributed by atoms with Crippen molar-refractivity contribution in [2.75, 3.05) is 6.61 Å². The van der Waals surface area contributed by atoms with Gasteiger partial charge in [-0.15, -0.1) is 0 Å². The molecule has 1 heterocycles. The van der Waals surface area contributed by atoms with Crippen LogP contribution in [0.1, 0.15) is 59.3 Å². The molecule has 0 spiro atoms. The molecule has 1 aromatic heterocycles. The quantitative estimate of drug-likeness (QED) is 0.148. The highest BCUT2D eigenvalue weighted by Gasteiger charge is 2.19. The highest BCUT2D eigenvalue weighted by Crippen LogP contribution is 2.36. The first-order valence-corrected chi connectivity index (χ1v) is 15.5. The molecule has 0 saturated heterocycles. The van der Waals surface area contributed by atoms with Gasteiger partial charge < -0.3 is 14.6 Å². The van der Waals surface area contributed by atoms with Crippen molar-refractivity contribution in [1.29, 1.82) is 0 Å². The van der Waals surface area contributed by atoms with Crippen molar-refractivity contribution in [3.8, 4) is 22.9 Å². The minimum atomic E-state index is -1.01. The Morgan fingerprint density at radius 2 is 1.87 bits per heavy atom. The molecule has 0 unspecified atom stereocenters. The smallest absolute Gasteiger partial charge is 0.335 e. The van der Waals surface area contributed by atoms with Crippen molar-refractivity contribution < 1.29 is 19.4 Å². The highest BCUT2D eigenvalue weighted by molar-refractivity contribution is 9.10. The van der Waals surface area contributed by atoms with E-state index in [1.54, 1.807) is 48.7 Å². The van der Waals surface area contributed by atoms with Crippen molar-refractivity contribution in [1.82, 2.24) is 9.66 Å². The summed E-state index contributed by atoms with van der Waals surface area (Å²) in [6.45, 7) is 8.77. The van der Waals surface area contributed by atoms with E-state index in [2.05, 4.69) is 34.9 Å². The number of nitrogens with zero attached hydrogens (tertiary/aromatic N) is 3. The van der Waals surface area contributed by atoms with Crippen LogP contribution in [0.4, 0.5) is 0 Å². The third-order valence-electron chi connectivity index (χ3n) is 7.17. The zero-order valence-corrected chi connectivity index (χ0v) is 27.5. The van der Waals surface area contributed by atoms with Crippen molar-refractivity contribution in [3.05, 3.63) is 120 Å². The maximum atomic E-state index is 13.8. The molecule has 0 fully saturated rings. The van der Waals surface area contributed by atoms with Crippen LogP contribution in [0.25, 0.3) is 22.3 Å². The summed E-state index contributed by atoms with van der Waals surface area (Å²) in [7, 11) is 0. The normalized spacial score (nSPS) is 11.4. The Bertz CT molecular complexity index is 1980. The van der Waals surface area contributed by atoms with Crippen LogP contribution < -0.4 is 15.0 Å². The summed E-state index contributed by atoms with van der Waals surface area (Å²) in [4.78, 5) is 30.0. The Morgan fingerprint density at radius 3 is 2.58 bits per heavy atom. The molecule has 8 nitrogen and oxygen atoms in total. The van der Waals surface area contributed by atoms with Crippen LogP contribution in [0.2, 0.25) is 5.02 Å². The molecular weight excluding hydrogens is 658 g/mol. The van der Waals surface area contributed by atoms with E-state index in [-0.39, 0.29) is 23.6 Å². The van der Waals surface area contributed by atoms with E-state index in [4.69, 9.17) is 26.1 Å². The molecular formula is C35H31BrClN3O5. The predicted molar refractivity (Wildman–Crippen MR) is 181 cm³/mol. The second kappa shape index (κ2) is 13.7. The first-order valence-electron chi connectivity index (χ1n) is 14.3. The third-order valence-corrected chi connectivity index (χ3v) is 8.04. The maximum Gasteiger partial charge on any atom is 0.335 e. The summed E-state index contributed by atoms with van der Waals surface area (Å²) in [5.41, 5.74) is 4.42. The summed E-state index contributed by atoms with van der Waals surface area (Å²) in [5.74, 6) is 0.776. The minimum absolute atomic E-state index is 0.119. The fraction of sp³-hybridized carbons (Fsp3) is 0.200. The Morgan fingerprint density at radius 1 is 1.09 bits per heavy atom. The number of para-hydroxylation sites is 1. The number of benzene rings is 4. The third kappa shape index (κ3) is 6.95. The van der Waals surface area contributed by atoms with Crippen LogP contribution >= 0.6 is 27.5 Å². The zero-order valence-electron chi connectivity index (χ0n) is 25.2. The number of fused-ring (bicyclic) bond motifs is 1. The highest BCUT2D eigenvalue weighted by atomic mass is 79.9. The fourth-order valence-corrected chi connectivity index (χ4v) is 5.93. The maximum absolute atomic E-state index is 13.8. The van der Waals surface area contributed by atoms with Gasteiger partial charge in [-0.05, 0) is 106 Å². The van der Waals surface area contributed by atoms with Gasteiger partial charge >= 0.3 is 5.97 Å². The SMILES string of the molecule is CCOc1cc(C)c(-c2nc3ccccc3c(=O)n2N=Cc2cc(Cl)c(OCc3cccc(C(=O)O)c3)c(Br)c2)cc1C(C)C. The van der Waals surface area contributed by atoms with E-state index in [9.17, 15) is 14.7 Å². The number of aromatic nitrogens is 2. The van der Waals surface area contributed by atoms with Crippen molar-refractivity contribution in [2.24, 2.45) is 5.10 Å². The molecule has 0 aliphatic carbocycles.